The highest BCUT2D eigenvalue weighted by Gasteiger charge is 2.41. The third kappa shape index (κ3) is 2.56. The maximum atomic E-state index is 12.9. The van der Waals surface area contributed by atoms with Crippen molar-refractivity contribution in [1.29, 1.82) is 0 Å². The molecule has 0 spiro atoms. The van der Waals surface area contributed by atoms with Gasteiger partial charge < -0.3 is 14.2 Å². The van der Waals surface area contributed by atoms with Gasteiger partial charge in [0, 0.05) is 31.6 Å². The van der Waals surface area contributed by atoms with Crippen LogP contribution in [0.2, 0.25) is 0 Å². The first kappa shape index (κ1) is 14.8. The second-order valence-electron chi connectivity index (χ2n) is 7.32. The zero-order valence-electron chi connectivity index (χ0n) is 13.7. The van der Waals surface area contributed by atoms with Crippen LogP contribution in [0, 0.1) is 18.8 Å². The molecular formula is C18H24N2O3. The van der Waals surface area contributed by atoms with Gasteiger partial charge in [-0.05, 0) is 44.6 Å². The Labute approximate surface area is 136 Å². The number of nitrogens with zero attached hydrogens (tertiary/aromatic N) is 2. The van der Waals surface area contributed by atoms with Crippen LogP contribution in [0.1, 0.15) is 48.2 Å². The molecule has 5 nitrogen and oxygen atoms in total. The number of amides is 2. The molecule has 4 aliphatic rings. The lowest BCUT2D eigenvalue weighted by Gasteiger charge is -2.36. The van der Waals surface area contributed by atoms with E-state index in [0.717, 1.165) is 38.8 Å². The van der Waals surface area contributed by atoms with Gasteiger partial charge in [-0.15, -0.1) is 0 Å². The summed E-state index contributed by atoms with van der Waals surface area (Å²) in [5, 5.41) is 0. The van der Waals surface area contributed by atoms with Crippen molar-refractivity contribution in [1.82, 2.24) is 9.80 Å². The summed E-state index contributed by atoms with van der Waals surface area (Å²) in [4.78, 5) is 29.5. The summed E-state index contributed by atoms with van der Waals surface area (Å²) < 4.78 is 5.29. The minimum atomic E-state index is 0.0592. The van der Waals surface area contributed by atoms with Gasteiger partial charge in [-0.1, -0.05) is 6.42 Å². The van der Waals surface area contributed by atoms with Gasteiger partial charge in [0.05, 0.1) is 11.8 Å². The normalized spacial score (nSPS) is 27.7. The van der Waals surface area contributed by atoms with Crippen molar-refractivity contribution < 1.29 is 14.0 Å². The SMILES string of the molecule is Cc1occc1C(=O)N1C[C@H]2CC[C@@H]1CN(C(=O)C1CCC1)C2. The molecule has 5 heteroatoms. The first-order chi connectivity index (χ1) is 11.1. The minimum Gasteiger partial charge on any atom is -0.469 e. The highest BCUT2D eigenvalue weighted by molar-refractivity contribution is 5.95. The summed E-state index contributed by atoms with van der Waals surface area (Å²) in [6, 6.07) is 1.91. The molecule has 0 radical (unpaired) electrons. The fourth-order valence-electron chi connectivity index (χ4n) is 4.19. The van der Waals surface area contributed by atoms with Crippen molar-refractivity contribution in [2.45, 2.75) is 45.1 Å². The highest BCUT2D eigenvalue weighted by Crippen LogP contribution is 2.33. The van der Waals surface area contributed by atoms with Crippen molar-refractivity contribution in [3.05, 3.63) is 23.7 Å². The Balaban J connectivity index is 1.52. The van der Waals surface area contributed by atoms with Crippen LogP contribution >= 0.6 is 0 Å². The first-order valence-electron chi connectivity index (χ1n) is 8.77. The monoisotopic (exact) mass is 316 g/mol. The number of carbonyl (C=O) groups is 2. The maximum Gasteiger partial charge on any atom is 0.257 e. The van der Waals surface area contributed by atoms with Gasteiger partial charge in [0.15, 0.2) is 0 Å². The van der Waals surface area contributed by atoms with Crippen LogP contribution < -0.4 is 0 Å². The van der Waals surface area contributed by atoms with Crippen molar-refractivity contribution in [2.24, 2.45) is 11.8 Å². The van der Waals surface area contributed by atoms with E-state index < -0.39 is 0 Å². The zero-order chi connectivity index (χ0) is 16.0. The van der Waals surface area contributed by atoms with Gasteiger partial charge in [-0.3, -0.25) is 9.59 Å². The molecule has 3 aliphatic heterocycles. The Morgan fingerprint density at radius 1 is 1.13 bits per heavy atom. The number of piperidine rings is 1. The Hall–Kier alpha value is -1.78. The van der Waals surface area contributed by atoms with Crippen LogP contribution in [0.25, 0.3) is 0 Å². The van der Waals surface area contributed by atoms with Crippen molar-refractivity contribution in [2.75, 3.05) is 19.6 Å². The van der Waals surface area contributed by atoms with E-state index in [9.17, 15) is 9.59 Å². The Morgan fingerprint density at radius 3 is 2.61 bits per heavy atom. The molecule has 1 aromatic rings. The summed E-state index contributed by atoms with van der Waals surface area (Å²) >= 11 is 0. The van der Waals surface area contributed by atoms with Crippen LogP contribution in [0.4, 0.5) is 0 Å². The Kier molecular flexibility index (Phi) is 3.66. The van der Waals surface area contributed by atoms with E-state index in [-0.39, 0.29) is 17.9 Å². The van der Waals surface area contributed by atoms with Crippen molar-refractivity contribution >= 4 is 11.8 Å². The van der Waals surface area contributed by atoms with Gasteiger partial charge in [-0.2, -0.15) is 0 Å². The average molecular weight is 316 g/mol. The molecule has 0 unspecified atom stereocenters. The van der Waals surface area contributed by atoms with Crippen LogP contribution in [0.5, 0.6) is 0 Å². The molecule has 0 N–H and O–H groups in total. The molecule has 5 rings (SSSR count). The Morgan fingerprint density at radius 2 is 1.96 bits per heavy atom. The second kappa shape index (κ2) is 5.69. The average Bonchev–Trinajstić information content (AvgIpc) is 2.72. The summed E-state index contributed by atoms with van der Waals surface area (Å²) in [5.41, 5.74) is 0.661. The van der Waals surface area contributed by atoms with Gasteiger partial charge >= 0.3 is 0 Å². The molecule has 2 atom stereocenters. The van der Waals surface area contributed by atoms with E-state index in [4.69, 9.17) is 4.42 Å². The smallest absolute Gasteiger partial charge is 0.257 e. The molecule has 1 saturated carbocycles. The molecule has 4 heterocycles. The van der Waals surface area contributed by atoms with E-state index in [1.165, 1.54) is 6.42 Å². The van der Waals surface area contributed by atoms with Crippen molar-refractivity contribution in [3.8, 4) is 0 Å². The van der Waals surface area contributed by atoms with Crippen LogP contribution in [-0.2, 0) is 4.79 Å². The van der Waals surface area contributed by atoms with E-state index in [0.29, 0.717) is 29.7 Å². The predicted molar refractivity (Wildman–Crippen MR) is 84.9 cm³/mol. The number of rotatable bonds is 2. The predicted octanol–water partition coefficient (Wildman–Crippen LogP) is 2.45. The lowest BCUT2D eigenvalue weighted by molar-refractivity contribution is -0.138. The van der Waals surface area contributed by atoms with E-state index in [1.807, 2.05) is 16.7 Å². The highest BCUT2D eigenvalue weighted by atomic mass is 16.3. The molecule has 2 bridgehead atoms. The topological polar surface area (TPSA) is 53.8 Å². The molecule has 4 fully saturated rings. The van der Waals surface area contributed by atoms with E-state index in [1.54, 1.807) is 12.3 Å². The number of fused-ring (bicyclic) bond motifs is 4. The third-order valence-electron chi connectivity index (χ3n) is 5.83. The Bertz CT molecular complexity index is 620. The molecule has 2 amide bonds. The summed E-state index contributed by atoms with van der Waals surface area (Å²) in [6.45, 7) is 4.12. The zero-order valence-corrected chi connectivity index (χ0v) is 13.7. The lowest BCUT2D eigenvalue weighted by atomic mass is 9.84. The number of furan rings is 1. The lowest BCUT2D eigenvalue weighted by Crippen LogP contribution is -2.48. The standard InChI is InChI=1S/C18H24N2O3/c1-12-16(7-8-23-12)18(22)20-10-13-5-6-15(20)11-19(9-13)17(21)14-3-2-4-14/h7-8,13-15H,2-6,9-11H2,1H3/t13-,15+/m0/s1. The van der Waals surface area contributed by atoms with Crippen LogP contribution in [-0.4, -0.2) is 47.3 Å². The molecule has 1 aliphatic carbocycles. The van der Waals surface area contributed by atoms with Gasteiger partial charge in [-0.25, -0.2) is 0 Å². The molecule has 3 saturated heterocycles. The van der Waals surface area contributed by atoms with Gasteiger partial charge in [0.25, 0.3) is 5.91 Å². The summed E-state index contributed by atoms with van der Waals surface area (Å²) in [6.07, 6.45) is 6.96. The molecule has 124 valence electrons. The maximum absolute atomic E-state index is 12.9. The van der Waals surface area contributed by atoms with E-state index >= 15 is 0 Å². The molecular weight excluding hydrogens is 292 g/mol. The molecule has 1 aromatic heterocycles. The number of aryl methyl sites for hydroxylation is 1. The summed E-state index contributed by atoms with van der Waals surface area (Å²) in [5.74, 6) is 1.71. The van der Waals surface area contributed by atoms with Crippen LogP contribution in [0.15, 0.2) is 16.7 Å². The van der Waals surface area contributed by atoms with Gasteiger partial charge in [0.2, 0.25) is 5.91 Å². The van der Waals surface area contributed by atoms with Crippen molar-refractivity contribution in [3.63, 3.8) is 0 Å². The quantitative estimate of drug-likeness (QED) is 0.842. The fraction of sp³-hybridized carbons (Fsp3) is 0.667. The van der Waals surface area contributed by atoms with Gasteiger partial charge in [0.1, 0.15) is 5.76 Å². The largest absolute Gasteiger partial charge is 0.469 e. The van der Waals surface area contributed by atoms with E-state index in [2.05, 4.69) is 0 Å². The molecule has 23 heavy (non-hydrogen) atoms. The summed E-state index contributed by atoms with van der Waals surface area (Å²) in [7, 11) is 0. The number of carbonyl (C=O) groups excluding carboxylic acids is 2. The fourth-order valence-corrected chi connectivity index (χ4v) is 4.19. The number of hydrogen-bond acceptors (Lipinski definition) is 3. The van der Waals surface area contributed by atoms with Crippen LogP contribution in [0.3, 0.4) is 0 Å². The molecule has 0 aromatic carbocycles. The minimum absolute atomic E-state index is 0.0592. The number of hydrogen-bond donors (Lipinski definition) is 0. The second-order valence-corrected chi connectivity index (χ2v) is 7.32. The first-order valence-corrected chi connectivity index (χ1v) is 8.77. The third-order valence-corrected chi connectivity index (χ3v) is 5.83.